The second-order valence-corrected chi connectivity index (χ2v) is 4.11. The number of thiazole rings is 1. The third-order valence-corrected chi connectivity index (χ3v) is 3.07. The Bertz CT molecular complexity index is 532. The van der Waals surface area contributed by atoms with Crippen LogP contribution in [-0.2, 0) is 0 Å². The molecule has 0 amide bonds. The zero-order valence-electron chi connectivity index (χ0n) is 8.67. The van der Waals surface area contributed by atoms with Crippen molar-refractivity contribution in [3.63, 3.8) is 0 Å². The minimum atomic E-state index is 0. The Labute approximate surface area is 112 Å². The van der Waals surface area contributed by atoms with Crippen molar-refractivity contribution in [2.75, 3.05) is 12.2 Å². The molecule has 0 unspecified atom stereocenters. The molecule has 2 heterocycles. The van der Waals surface area contributed by atoms with Crippen molar-refractivity contribution in [1.82, 2.24) is 4.98 Å². The number of hydrogen-bond donors (Lipinski definition) is 2. The second kappa shape index (κ2) is 4.91. The van der Waals surface area contributed by atoms with Crippen LogP contribution < -0.4 is 20.7 Å². The third kappa shape index (κ3) is 2.21. The predicted octanol–water partition coefficient (Wildman–Crippen LogP) is 2.40. The Morgan fingerprint density at radius 3 is 2.88 bits per heavy atom. The van der Waals surface area contributed by atoms with E-state index in [2.05, 4.69) is 10.4 Å². The molecule has 1 aromatic carbocycles. The van der Waals surface area contributed by atoms with Gasteiger partial charge in [0.15, 0.2) is 16.6 Å². The minimum Gasteiger partial charge on any atom is -0.454 e. The van der Waals surface area contributed by atoms with Gasteiger partial charge in [-0.3, -0.25) is 5.43 Å². The summed E-state index contributed by atoms with van der Waals surface area (Å²) in [6.07, 6.45) is 0. The fraction of sp³-hybridized carbons (Fsp3) is 0.100. The molecule has 3 N–H and O–H groups in total. The maximum Gasteiger partial charge on any atom is 0.231 e. The Morgan fingerprint density at radius 2 is 2.12 bits per heavy atom. The van der Waals surface area contributed by atoms with Crippen LogP contribution in [0, 0.1) is 0 Å². The summed E-state index contributed by atoms with van der Waals surface area (Å²) in [5, 5.41) is 2.62. The summed E-state index contributed by atoms with van der Waals surface area (Å²) in [4.78, 5) is 4.31. The van der Waals surface area contributed by atoms with E-state index >= 15 is 0 Å². The average Bonchev–Trinajstić information content (AvgIpc) is 2.96. The molecule has 0 fully saturated rings. The fourth-order valence-electron chi connectivity index (χ4n) is 1.53. The molecule has 1 aliphatic heterocycles. The van der Waals surface area contributed by atoms with Gasteiger partial charge in [-0.15, -0.1) is 28.3 Å². The van der Waals surface area contributed by atoms with Gasteiger partial charge in [-0.05, 0) is 18.2 Å². The number of anilines is 1. The van der Waals surface area contributed by atoms with Gasteiger partial charge in [0.2, 0.25) is 6.79 Å². The molecule has 17 heavy (non-hydrogen) atoms. The monoisotopic (exact) mass is 315 g/mol. The average molecular weight is 316 g/mol. The van der Waals surface area contributed by atoms with Crippen LogP contribution in [-0.4, -0.2) is 11.8 Å². The maximum absolute atomic E-state index is 5.31. The molecule has 2 aromatic rings. The quantitative estimate of drug-likeness (QED) is 0.658. The number of nitrogen functional groups attached to an aromatic ring is 1. The van der Waals surface area contributed by atoms with E-state index in [0.717, 1.165) is 22.8 Å². The molecular formula is C10H10BrN3O2S. The van der Waals surface area contributed by atoms with Gasteiger partial charge >= 0.3 is 0 Å². The summed E-state index contributed by atoms with van der Waals surface area (Å²) >= 11 is 1.46. The number of ether oxygens (including phenoxy) is 2. The van der Waals surface area contributed by atoms with Crippen molar-refractivity contribution in [2.24, 2.45) is 5.84 Å². The summed E-state index contributed by atoms with van der Waals surface area (Å²) < 4.78 is 10.6. The van der Waals surface area contributed by atoms with Gasteiger partial charge in [-0.25, -0.2) is 10.8 Å². The number of hydrogen-bond acceptors (Lipinski definition) is 6. The first-order valence-electron chi connectivity index (χ1n) is 4.69. The van der Waals surface area contributed by atoms with E-state index in [1.807, 2.05) is 23.6 Å². The highest BCUT2D eigenvalue weighted by molar-refractivity contribution is 8.93. The molecule has 1 aliphatic rings. The minimum absolute atomic E-state index is 0. The van der Waals surface area contributed by atoms with Crippen molar-refractivity contribution >= 4 is 33.4 Å². The molecule has 5 nitrogen and oxygen atoms in total. The lowest BCUT2D eigenvalue weighted by atomic mass is 10.1. The van der Waals surface area contributed by atoms with E-state index in [1.54, 1.807) is 0 Å². The molecule has 0 spiro atoms. The highest BCUT2D eigenvalue weighted by Gasteiger charge is 2.14. The molecule has 0 saturated heterocycles. The van der Waals surface area contributed by atoms with E-state index in [-0.39, 0.29) is 23.8 Å². The number of aromatic nitrogens is 1. The van der Waals surface area contributed by atoms with Crippen LogP contribution in [0.5, 0.6) is 11.5 Å². The van der Waals surface area contributed by atoms with Gasteiger partial charge in [0.05, 0.1) is 5.69 Å². The summed E-state index contributed by atoms with van der Waals surface area (Å²) in [6.45, 7) is 0.283. The van der Waals surface area contributed by atoms with Crippen molar-refractivity contribution in [1.29, 1.82) is 0 Å². The molecule has 0 saturated carbocycles. The molecule has 3 rings (SSSR count). The van der Waals surface area contributed by atoms with Crippen LogP contribution in [0.1, 0.15) is 0 Å². The number of nitrogens with one attached hydrogen (secondary N) is 1. The number of benzene rings is 1. The second-order valence-electron chi connectivity index (χ2n) is 3.25. The first-order chi connectivity index (χ1) is 7.86. The zero-order valence-corrected chi connectivity index (χ0v) is 11.2. The van der Waals surface area contributed by atoms with Gasteiger partial charge in [-0.1, -0.05) is 0 Å². The molecule has 7 heteroatoms. The number of fused-ring (bicyclic) bond motifs is 1. The highest BCUT2D eigenvalue weighted by atomic mass is 79.9. The van der Waals surface area contributed by atoms with Gasteiger partial charge in [0.25, 0.3) is 0 Å². The maximum atomic E-state index is 5.31. The molecule has 0 radical (unpaired) electrons. The predicted molar refractivity (Wildman–Crippen MR) is 71.8 cm³/mol. The Balaban J connectivity index is 0.00000108. The van der Waals surface area contributed by atoms with Crippen molar-refractivity contribution in [2.45, 2.75) is 0 Å². The fourth-order valence-corrected chi connectivity index (χ4v) is 2.16. The van der Waals surface area contributed by atoms with E-state index in [0.29, 0.717) is 5.13 Å². The molecule has 0 aliphatic carbocycles. The number of halogens is 1. The number of rotatable bonds is 2. The van der Waals surface area contributed by atoms with E-state index in [4.69, 9.17) is 15.3 Å². The van der Waals surface area contributed by atoms with Crippen LogP contribution in [0.2, 0.25) is 0 Å². The molecule has 90 valence electrons. The SMILES string of the molecule is Br.NNc1nc(-c2ccc3c(c2)OCO3)cs1. The lowest BCUT2D eigenvalue weighted by Crippen LogP contribution is -2.05. The van der Waals surface area contributed by atoms with Crippen molar-refractivity contribution < 1.29 is 9.47 Å². The zero-order chi connectivity index (χ0) is 11.0. The van der Waals surface area contributed by atoms with Gasteiger partial charge in [-0.2, -0.15) is 0 Å². The first-order valence-corrected chi connectivity index (χ1v) is 5.57. The van der Waals surface area contributed by atoms with Gasteiger partial charge in [0, 0.05) is 10.9 Å². The summed E-state index contributed by atoms with van der Waals surface area (Å²) in [6, 6.07) is 5.74. The van der Waals surface area contributed by atoms with E-state index in [9.17, 15) is 0 Å². The standard InChI is InChI=1S/C10H9N3O2S.BrH/c11-13-10-12-7(4-16-10)6-1-2-8-9(3-6)15-5-14-8;/h1-4H,5,11H2,(H,12,13);1H. The Hall–Kier alpha value is -1.31. The normalized spacial score (nSPS) is 12.1. The van der Waals surface area contributed by atoms with Gasteiger partial charge < -0.3 is 9.47 Å². The summed E-state index contributed by atoms with van der Waals surface area (Å²) in [5.41, 5.74) is 4.38. The smallest absolute Gasteiger partial charge is 0.231 e. The Morgan fingerprint density at radius 1 is 1.29 bits per heavy atom. The van der Waals surface area contributed by atoms with Crippen LogP contribution in [0.15, 0.2) is 23.6 Å². The first kappa shape index (κ1) is 12.2. The lowest BCUT2D eigenvalue weighted by molar-refractivity contribution is 0.174. The van der Waals surface area contributed by atoms with Crippen molar-refractivity contribution in [3.05, 3.63) is 23.6 Å². The topological polar surface area (TPSA) is 69.4 Å². The van der Waals surface area contributed by atoms with Crippen molar-refractivity contribution in [3.8, 4) is 22.8 Å². The number of nitrogens with zero attached hydrogens (tertiary/aromatic N) is 1. The summed E-state index contributed by atoms with van der Waals surface area (Å²) in [5.74, 6) is 6.82. The summed E-state index contributed by atoms with van der Waals surface area (Å²) in [7, 11) is 0. The van der Waals surface area contributed by atoms with E-state index in [1.165, 1.54) is 11.3 Å². The number of nitrogens with two attached hydrogens (primary N) is 1. The number of hydrazine groups is 1. The lowest BCUT2D eigenvalue weighted by Gasteiger charge is -1.99. The molecule has 0 bridgehead atoms. The third-order valence-electron chi connectivity index (χ3n) is 2.30. The van der Waals surface area contributed by atoms with E-state index < -0.39 is 0 Å². The van der Waals surface area contributed by atoms with Crippen LogP contribution >= 0.6 is 28.3 Å². The molecule has 0 atom stereocenters. The van der Waals surface area contributed by atoms with Crippen LogP contribution in [0.4, 0.5) is 5.13 Å². The van der Waals surface area contributed by atoms with Crippen LogP contribution in [0.25, 0.3) is 11.3 Å². The molecule has 1 aromatic heterocycles. The molecular weight excluding hydrogens is 306 g/mol. The van der Waals surface area contributed by atoms with Gasteiger partial charge in [0.1, 0.15) is 0 Å². The van der Waals surface area contributed by atoms with Crippen LogP contribution in [0.3, 0.4) is 0 Å². The highest BCUT2D eigenvalue weighted by Crippen LogP contribution is 2.36. The Kier molecular flexibility index (Phi) is 3.51. The largest absolute Gasteiger partial charge is 0.454 e.